The fourth-order valence-corrected chi connectivity index (χ4v) is 4.05. The molecule has 0 unspecified atom stereocenters. The van der Waals surface area contributed by atoms with Crippen LogP contribution in [-0.4, -0.2) is 41.2 Å². The molecule has 3 aromatic rings. The highest BCUT2D eigenvalue weighted by atomic mass is 19.2. The summed E-state index contributed by atoms with van der Waals surface area (Å²) >= 11 is 0. The molecule has 4 nitrogen and oxygen atoms in total. The molecule has 0 fully saturated rings. The molecular formula is C21H19BF2N4. The number of halogens is 2. The quantitative estimate of drug-likeness (QED) is 0.682. The number of anilines is 1. The van der Waals surface area contributed by atoms with Gasteiger partial charge in [-0.05, 0) is 42.0 Å². The Bertz CT molecular complexity index is 1150. The number of aromatic nitrogens is 2. The molecule has 0 spiro atoms. The SMILES string of the molecule is CN(C)c1ccc(C2=C3C=CC=[N+]3[B-](F)(F)n3c2ccc3-c2ccc[nH]2)cc1. The molecule has 0 amide bonds. The van der Waals surface area contributed by atoms with Gasteiger partial charge in [0.1, 0.15) is 6.21 Å². The van der Waals surface area contributed by atoms with Gasteiger partial charge in [0.2, 0.25) is 0 Å². The third-order valence-electron chi connectivity index (χ3n) is 5.40. The van der Waals surface area contributed by atoms with E-state index in [9.17, 15) is 0 Å². The molecule has 0 saturated carbocycles. The highest BCUT2D eigenvalue weighted by molar-refractivity contribution is 6.58. The van der Waals surface area contributed by atoms with E-state index in [4.69, 9.17) is 0 Å². The Morgan fingerprint density at radius 2 is 1.75 bits per heavy atom. The molecule has 140 valence electrons. The molecular weight excluding hydrogens is 357 g/mol. The molecule has 28 heavy (non-hydrogen) atoms. The Hall–Kier alpha value is -3.35. The molecule has 2 aliphatic rings. The zero-order chi connectivity index (χ0) is 19.5. The number of H-pyrrole nitrogens is 1. The summed E-state index contributed by atoms with van der Waals surface area (Å²) in [5, 5.41) is 0. The van der Waals surface area contributed by atoms with Crippen molar-refractivity contribution in [3.8, 4) is 11.4 Å². The maximum Gasteiger partial charge on any atom is 0.737 e. The third-order valence-corrected chi connectivity index (χ3v) is 5.40. The van der Waals surface area contributed by atoms with Crippen molar-refractivity contribution < 1.29 is 13.1 Å². The number of hydrogen-bond donors (Lipinski definition) is 1. The lowest BCUT2D eigenvalue weighted by Gasteiger charge is -2.32. The first kappa shape index (κ1) is 16.8. The van der Waals surface area contributed by atoms with Crippen LogP contribution in [0, 0.1) is 0 Å². The van der Waals surface area contributed by atoms with Crippen molar-refractivity contribution in [3.05, 3.63) is 83.8 Å². The Kier molecular flexibility index (Phi) is 3.50. The van der Waals surface area contributed by atoms with Gasteiger partial charge in [-0.1, -0.05) is 12.1 Å². The molecule has 0 radical (unpaired) electrons. The summed E-state index contributed by atoms with van der Waals surface area (Å²) in [6, 6.07) is 15.2. The molecule has 5 rings (SSSR count). The van der Waals surface area contributed by atoms with E-state index in [0.29, 0.717) is 22.8 Å². The smallest absolute Gasteiger partial charge is 0.389 e. The lowest BCUT2D eigenvalue weighted by Crippen LogP contribution is -2.49. The van der Waals surface area contributed by atoms with E-state index in [2.05, 4.69) is 4.98 Å². The minimum Gasteiger partial charge on any atom is -0.389 e. The predicted molar refractivity (Wildman–Crippen MR) is 110 cm³/mol. The second kappa shape index (κ2) is 5.82. The van der Waals surface area contributed by atoms with Gasteiger partial charge in [-0.2, -0.15) is 0 Å². The first-order chi connectivity index (χ1) is 13.5. The third kappa shape index (κ3) is 2.25. The van der Waals surface area contributed by atoms with Crippen LogP contribution in [0.25, 0.3) is 17.0 Å². The van der Waals surface area contributed by atoms with Gasteiger partial charge in [-0.3, -0.25) is 0 Å². The summed E-state index contributed by atoms with van der Waals surface area (Å²) in [5.74, 6) is 0. The van der Waals surface area contributed by atoms with Crippen LogP contribution in [0.5, 0.6) is 0 Å². The van der Waals surface area contributed by atoms with E-state index in [0.717, 1.165) is 21.3 Å². The predicted octanol–water partition coefficient (Wildman–Crippen LogP) is 4.20. The molecule has 0 bridgehead atoms. The van der Waals surface area contributed by atoms with Crippen LogP contribution < -0.4 is 4.90 Å². The highest BCUT2D eigenvalue weighted by Crippen LogP contribution is 2.41. The summed E-state index contributed by atoms with van der Waals surface area (Å²) in [7, 11) is 3.95. The number of rotatable bonds is 3. The Morgan fingerprint density at radius 1 is 1.00 bits per heavy atom. The number of nitrogens with zero attached hydrogens (tertiary/aromatic N) is 3. The van der Waals surface area contributed by atoms with Crippen LogP contribution in [-0.2, 0) is 0 Å². The Morgan fingerprint density at radius 3 is 2.43 bits per heavy atom. The van der Waals surface area contributed by atoms with Gasteiger partial charge in [0.05, 0.1) is 11.3 Å². The van der Waals surface area contributed by atoms with Crippen molar-refractivity contribution in [2.24, 2.45) is 0 Å². The molecule has 2 aromatic heterocycles. The van der Waals surface area contributed by atoms with E-state index in [1.807, 2.05) is 55.4 Å². The number of fused-ring (bicyclic) bond motifs is 2. The normalized spacial score (nSPS) is 16.8. The van der Waals surface area contributed by atoms with Crippen molar-refractivity contribution in [2.75, 3.05) is 19.0 Å². The van der Waals surface area contributed by atoms with Gasteiger partial charge in [0.15, 0.2) is 5.70 Å². The summed E-state index contributed by atoms with van der Waals surface area (Å²) in [6.07, 6.45) is 6.65. The van der Waals surface area contributed by atoms with Crippen LogP contribution in [0.2, 0.25) is 0 Å². The molecule has 4 heterocycles. The molecule has 0 atom stereocenters. The van der Waals surface area contributed by atoms with Gasteiger partial charge in [-0.15, -0.1) is 0 Å². The zero-order valence-corrected chi connectivity index (χ0v) is 15.6. The minimum atomic E-state index is -3.99. The van der Waals surface area contributed by atoms with E-state index in [1.165, 1.54) is 10.7 Å². The van der Waals surface area contributed by atoms with Gasteiger partial charge < -0.3 is 27.5 Å². The van der Waals surface area contributed by atoms with Crippen molar-refractivity contribution in [1.82, 2.24) is 9.46 Å². The second-order valence-corrected chi connectivity index (χ2v) is 7.26. The maximum atomic E-state index is 15.5. The Balaban J connectivity index is 1.76. The molecule has 1 aromatic carbocycles. The van der Waals surface area contributed by atoms with Gasteiger partial charge in [-0.25, -0.2) is 0 Å². The fraction of sp³-hybridized carbons (Fsp3) is 0.0952. The average Bonchev–Trinajstić information content (AvgIpc) is 3.42. The van der Waals surface area contributed by atoms with Crippen LogP contribution in [0.15, 0.2) is 72.6 Å². The lowest BCUT2D eigenvalue weighted by atomic mass is 9.86. The summed E-state index contributed by atoms with van der Waals surface area (Å²) in [6.45, 7) is -3.99. The summed E-state index contributed by atoms with van der Waals surface area (Å²) in [4.78, 5) is 5.07. The van der Waals surface area contributed by atoms with Crippen molar-refractivity contribution in [1.29, 1.82) is 0 Å². The van der Waals surface area contributed by atoms with E-state index < -0.39 is 6.97 Å². The van der Waals surface area contributed by atoms with Crippen molar-refractivity contribution in [2.45, 2.75) is 0 Å². The lowest BCUT2D eigenvalue weighted by molar-refractivity contribution is -0.356. The first-order valence-corrected chi connectivity index (χ1v) is 9.18. The first-order valence-electron chi connectivity index (χ1n) is 9.18. The molecule has 0 saturated heterocycles. The van der Waals surface area contributed by atoms with E-state index in [1.54, 1.807) is 30.5 Å². The van der Waals surface area contributed by atoms with Gasteiger partial charge in [0.25, 0.3) is 0 Å². The molecule has 0 aliphatic carbocycles. The highest BCUT2D eigenvalue weighted by Gasteiger charge is 2.52. The van der Waals surface area contributed by atoms with Crippen molar-refractivity contribution in [3.63, 3.8) is 0 Å². The average molecular weight is 376 g/mol. The number of hydrogen-bond acceptors (Lipinski definition) is 1. The zero-order valence-electron chi connectivity index (χ0n) is 15.6. The van der Waals surface area contributed by atoms with E-state index in [-0.39, 0.29) is 0 Å². The molecule has 2 aliphatic heterocycles. The van der Waals surface area contributed by atoms with Crippen LogP contribution in [0.4, 0.5) is 14.3 Å². The number of nitrogens with one attached hydrogen (secondary N) is 1. The molecule has 7 heteroatoms. The number of aromatic amines is 1. The molecule has 1 N–H and O–H groups in total. The topological polar surface area (TPSA) is 27.0 Å². The fourth-order valence-electron chi connectivity index (χ4n) is 4.05. The van der Waals surface area contributed by atoms with Gasteiger partial charge in [0, 0.05) is 49.5 Å². The number of benzene rings is 1. The maximum absolute atomic E-state index is 15.5. The summed E-state index contributed by atoms with van der Waals surface area (Å²) in [5.41, 5.74) is 4.99. The monoisotopic (exact) mass is 376 g/mol. The summed E-state index contributed by atoms with van der Waals surface area (Å²) < 4.78 is 33.3. The van der Waals surface area contributed by atoms with Crippen molar-refractivity contribution >= 4 is 24.4 Å². The second-order valence-electron chi connectivity index (χ2n) is 7.26. The minimum absolute atomic E-state index is 0.478. The van der Waals surface area contributed by atoms with Crippen LogP contribution in [0.1, 0.15) is 11.3 Å². The number of allylic oxidation sites excluding steroid dienone is 2. The van der Waals surface area contributed by atoms with E-state index >= 15 is 8.63 Å². The van der Waals surface area contributed by atoms with Gasteiger partial charge >= 0.3 is 6.97 Å². The standard InChI is InChI=1S/C21H19BF2N4/c1-26(2)16-9-7-15(8-10-16)21-19-6-4-14-27(19)22(23,24)28-18(11-12-20(21)28)17-5-3-13-25-17/h3-14,25H,1-2H3. The van der Waals surface area contributed by atoms with Crippen LogP contribution >= 0.6 is 0 Å². The van der Waals surface area contributed by atoms with Crippen LogP contribution in [0.3, 0.4) is 0 Å². The largest absolute Gasteiger partial charge is 0.737 e. The Labute approximate surface area is 161 Å².